The first kappa shape index (κ1) is 21.0. The summed E-state index contributed by atoms with van der Waals surface area (Å²) in [6.07, 6.45) is 0. The number of carbonyl (C=O) groups is 1. The highest BCUT2D eigenvalue weighted by Crippen LogP contribution is 2.34. The average Bonchev–Trinajstić information content (AvgIpc) is 2.68. The molecule has 1 heterocycles. The molecule has 1 saturated heterocycles. The zero-order valence-corrected chi connectivity index (χ0v) is 17.6. The molecule has 0 atom stereocenters. The van der Waals surface area contributed by atoms with Gasteiger partial charge in [-0.05, 0) is 55.7 Å². The third-order valence-corrected chi connectivity index (χ3v) is 5.24. The SMILES string of the molecule is CC(C)c1cc(C(=O)N(c2ccc(N3CCOCC3)cc2)C(C)C)c(O)cc1O. The van der Waals surface area contributed by atoms with Crippen molar-refractivity contribution in [3.63, 3.8) is 0 Å². The van der Waals surface area contributed by atoms with E-state index in [9.17, 15) is 15.0 Å². The van der Waals surface area contributed by atoms with E-state index < -0.39 is 0 Å². The first-order valence-corrected chi connectivity index (χ1v) is 10.1. The van der Waals surface area contributed by atoms with Crippen LogP contribution in [0.5, 0.6) is 11.5 Å². The molecule has 2 aromatic rings. The Morgan fingerprint density at radius 2 is 1.62 bits per heavy atom. The molecular formula is C23H30N2O4. The minimum Gasteiger partial charge on any atom is -0.508 e. The molecule has 1 fully saturated rings. The Labute approximate surface area is 172 Å². The normalized spacial score (nSPS) is 14.5. The smallest absolute Gasteiger partial charge is 0.262 e. The van der Waals surface area contributed by atoms with Gasteiger partial charge < -0.3 is 24.7 Å². The second-order valence-corrected chi connectivity index (χ2v) is 7.97. The van der Waals surface area contributed by atoms with Crippen LogP contribution >= 0.6 is 0 Å². The topological polar surface area (TPSA) is 73.2 Å². The molecule has 29 heavy (non-hydrogen) atoms. The quantitative estimate of drug-likeness (QED) is 0.793. The van der Waals surface area contributed by atoms with Crippen LogP contribution in [0.3, 0.4) is 0 Å². The van der Waals surface area contributed by atoms with E-state index in [2.05, 4.69) is 4.90 Å². The number of ether oxygens (including phenoxy) is 1. The van der Waals surface area contributed by atoms with Gasteiger partial charge >= 0.3 is 0 Å². The lowest BCUT2D eigenvalue weighted by atomic mass is 9.98. The largest absolute Gasteiger partial charge is 0.508 e. The van der Waals surface area contributed by atoms with Gasteiger partial charge in [0, 0.05) is 36.6 Å². The van der Waals surface area contributed by atoms with Gasteiger partial charge in [-0.25, -0.2) is 0 Å². The summed E-state index contributed by atoms with van der Waals surface area (Å²) in [7, 11) is 0. The highest BCUT2D eigenvalue weighted by atomic mass is 16.5. The lowest BCUT2D eigenvalue weighted by Crippen LogP contribution is -2.37. The maximum absolute atomic E-state index is 13.3. The average molecular weight is 399 g/mol. The number of rotatable bonds is 5. The molecular weight excluding hydrogens is 368 g/mol. The van der Waals surface area contributed by atoms with Gasteiger partial charge in [-0.15, -0.1) is 0 Å². The van der Waals surface area contributed by atoms with Gasteiger partial charge in [0.2, 0.25) is 0 Å². The second-order valence-electron chi connectivity index (χ2n) is 7.97. The highest BCUT2D eigenvalue weighted by Gasteiger charge is 2.25. The lowest BCUT2D eigenvalue weighted by Gasteiger charge is -2.31. The Kier molecular flexibility index (Phi) is 6.33. The predicted molar refractivity (Wildman–Crippen MR) is 115 cm³/mol. The summed E-state index contributed by atoms with van der Waals surface area (Å²) in [5.74, 6) is -0.478. The number of phenols is 2. The zero-order valence-electron chi connectivity index (χ0n) is 17.6. The van der Waals surface area contributed by atoms with Gasteiger partial charge in [-0.2, -0.15) is 0 Å². The first-order valence-electron chi connectivity index (χ1n) is 10.1. The van der Waals surface area contributed by atoms with Gasteiger partial charge in [0.1, 0.15) is 11.5 Å². The van der Waals surface area contributed by atoms with Crippen LogP contribution in [-0.4, -0.2) is 48.5 Å². The third kappa shape index (κ3) is 4.48. The van der Waals surface area contributed by atoms with Gasteiger partial charge in [-0.3, -0.25) is 4.79 Å². The Morgan fingerprint density at radius 1 is 1.00 bits per heavy atom. The number of anilines is 2. The van der Waals surface area contributed by atoms with Crippen LogP contribution in [0.1, 0.15) is 49.5 Å². The maximum atomic E-state index is 13.3. The number of amides is 1. The van der Waals surface area contributed by atoms with Crippen molar-refractivity contribution in [2.45, 2.75) is 39.7 Å². The number of aromatic hydroxyl groups is 2. The zero-order chi connectivity index (χ0) is 21.1. The number of carbonyl (C=O) groups excluding carboxylic acids is 1. The van der Waals surface area contributed by atoms with E-state index in [1.807, 2.05) is 52.0 Å². The number of phenolic OH excluding ortho intramolecular Hbond substituents is 2. The van der Waals surface area contributed by atoms with E-state index >= 15 is 0 Å². The standard InChI is InChI=1S/C23H30N2O4/c1-15(2)19-13-20(22(27)14-21(19)26)23(28)25(16(3)4)18-7-5-17(6-8-18)24-9-11-29-12-10-24/h5-8,13-16,26-27H,9-12H2,1-4H3. The monoisotopic (exact) mass is 398 g/mol. The van der Waals surface area contributed by atoms with Crippen LogP contribution in [0.25, 0.3) is 0 Å². The molecule has 6 heteroatoms. The van der Waals surface area contributed by atoms with E-state index in [0.717, 1.165) is 37.7 Å². The van der Waals surface area contributed by atoms with Crippen molar-refractivity contribution in [1.82, 2.24) is 0 Å². The molecule has 0 aromatic heterocycles. The summed E-state index contributed by atoms with van der Waals surface area (Å²) >= 11 is 0. The van der Waals surface area contributed by atoms with E-state index in [-0.39, 0.29) is 34.9 Å². The summed E-state index contributed by atoms with van der Waals surface area (Å²) in [5, 5.41) is 20.4. The fourth-order valence-electron chi connectivity index (χ4n) is 3.65. The molecule has 2 aromatic carbocycles. The summed E-state index contributed by atoms with van der Waals surface area (Å²) in [5.41, 5.74) is 2.69. The predicted octanol–water partition coefficient (Wildman–Crippen LogP) is 4.11. The van der Waals surface area contributed by atoms with E-state index in [4.69, 9.17) is 4.74 Å². The molecule has 0 radical (unpaired) electrons. The molecule has 0 aliphatic carbocycles. The van der Waals surface area contributed by atoms with Crippen LogP contribution < -0.4 is 9.80 Å². The Morgan fingerprint density at radius 3 is 2.17 bits per heavy atom. The number of hydrogen-bond donors (Lipinski definition) is 2. The van der Waals surface area contributed by atoms with Crippen LogP contribution in [0.15, 0.2) is 36.4 Å². The van der Waals surface area contributed by atoms with Crippen molar-refractivity contribution >= 4 is 17.3 Å². The van der Waals surface area contributed by atoms with Crippen molar-refractivity contribution in [1.29, 1.82) is 0 Å². The molecule has 0 spiro atoms. The van der Waals surface area contributed by atoms with E-state index in [1.165, 1.54) is 6.07 Å². The second kappa shape index (κ2) is 8.74. The van der Waals surface area contributed by atoms with Gasteiger partial charge in [0.05, 0.1) is 18.8 Å². The minimum atomic E-state index is -0.293. The maximum Gasteiger partial charge on any atom is 0.262 e. The highest BCUT2D eigenvalue weighted by molar-refractivity contribution is 6.08. The minimum absolute atomic E-state index is 0.0000102. The van der Waals surface area contributed by atoms with Gasteiger partial charge in [0.15, 0.2) is 0 Å². The molecule has 0 unspecified atom stereocenters. The fourth-order valence-corrected chi connectivity index (χ4v) is 3.65. The van der Waals surface area contributed by atoms with Crippen molar-refractivity contribution < 1.29 is 19.7 Å². The van der Waals surface area contributed by atoms with Crippen LogP contribution in [0.4, 0.5) is 11.4 Å². The Bertz CT molecular complexity index is 856. The molecule has 1 aliphatic heterocycles. The van der Waals surface area contributed by atoms with Crippen molar-refractivity contribution in [3.8, 4) is 11.5 Å². The summed E-state index contributed by atoms with van der Waals surface area (Å²) in [6.45, 7) is 10.9. The molecule has 156 valence electrons. The molecule has 0 bridgehead atoms. The Balaban J connectivity index is 1.92. The number of benzene rings is 2. The molecule has 1 amide bonds. The Hall–Kier alpha value is -2.73. The van der Waals surface area contributed by atoms with Crippen molar-refractivity contribution in [2.24, 2.45) is 0 Å². The number of morpholine rings is 1. The van der Waals surface area contributed by atoms with Gasteiger partial charge in [0.25, 0.3) is 5.91 Å². The molecule has 2 N–H and O–H groups in total. The van der Waals surface area contributed by atoms with E-state index in [0.29, 0.717) is 5.56 Å². The summed E-state index contributed by atoms with van der Waals surface area (Å²) in [4.78, 5) is 17.3. The fraction of sp³-hybridized carbons (Fsp3) is 0.435. The van der Waals surface area contributed by atoms with Crippen LogP contribution in [0, 0.1) is 0 Å². The van der Waals surface area contributed by atoms with Crippen LogP contribution in [0.2, 0.25) is 0 Å². The molecule has 3 rings (SSSR count). The summed E-state index contributed by atoms with van der Waals surface area (Å²) < 4.78 is 5.40. The van der Waals surface area contributed by atoms with E-state index in [1.54, 1.807) is 11.0 Å². The third-order valence-electron chi connectivity index (χ3n) is 5.24. The van der Waals surface area contributed by atoms with Crippen molar-refractivity contribution in [2.75, 3.05) is 36.1 Å². The lowest BCUT2D eigenvalue weighted by molar-refractivity contribution is 0.0977. The molecule has 1 aliphatic rings. The van der Waals surface area contributed by atoms with Gasteiger partial charge in [-0.1, -0.05) is 13.8 Å². The molecule has 0 saturated carbocycles. The molecule has 6 nitrogen and oxygen atoms in total. The number of nitrogens with zero attached hydrogens (tertiary/aromatic N) is 2. The number of hydrogen-bond acceptors (Lipinski definition) is 5. The first-order chi connectivity index (χ1) is 13.8. The summed E-state index contributed by atoms with van der Waals surface area (Å²) in [6, 6.07) is 10.6. The van der Waals surface area contributed by atoms with Crippen molar-refractivity contribution in [3.05, 3.63) is 47.5 Å². The van der Waals surface area contributed by atoms with Crippen LogP contribution in [-0.2, 0) is 4.74 Å².